The second kappa shape index (κ2) is 9.36. The lowest BCUT2D eigenvalue weighted by Crippen LogP contribution is -2.33. The number of anilines is 1. The van der Waals surface area contributed by atoms with Gasteiger partial charge in [-0.3, -0.25) is 14.5 Å². The van der Waals surface area contributed by atoms with Crippen LogP contribution in [0.5, 0.6) is 0 Å². The standard InChI is InChI=1S/C21H22FN3O5/c1-13(26)24-10-17-12-25(21(29)30-17)16-6-7-18(19(22)8-16)15-4-2-14(3-5-15)9-23-11-20(27)28/h2-8,17,23H,9-12H2,1H3,(H,24,26)(H,27,28)/t17-/m0/s1. The van der Waals surface area contributed by atoms with Gasteiger partial charge < -0.3 is 20.5 Å². The van der Waals surface area contributed by atoms with E-state index >= 15 is 0 Å². The SMILES string of the molecule is CC(=O)NC[C@H]1CN(c2ccc(-c3ccc(CNCC(=O)O)cc3)c(F)c2)C(=O)O1. The Kier molecular flexibility index (Phi) is 6.63. The number of carboxylic acids is 1. The summed E-state index contributed by atoms with van der Waals surface area (Å²) in [5, 5.41) is 14.0. The van der Waals surface area contributed by atoms with E-state index in [-0.39, 0.29) is 25.5 Å². The number of cyclic esters (lactones) is 1. The predicted octanol–water partition coefficient (Wildman–Crippen LogP) is 2.13. The van der Waals surface area contributed by atoms with Crippen molar-refractivity contribution < 1.29 is 28.6 Å². The molecule has 0 bridgehead atoms. The summed E-state index contributed by atoms with van der Waals surface area (Å²) in [5.41, 5.74) is 2.29. The molecule has 158 valence electrons. The number of amides is 2. The zero-order valence-electron chi connectivity index (χ0n) is 16.4. The van der Waals surface area contributed by atoms with E-state index in [1.165, 1.54) is 17.9 Å². The first-order valence-corrected chi connectivity index (χ1v) is 9.37. The number of hydrogen-bond acceptors (Lipinski definition) is 5. The lowest BCUT2D eigenvalue weighted by atomic mass is 10.0. The monoisotopic (exact) mass is 415 g/mol. The van der Waals surface area contributed by atoms with Crippen molar-refractivity contribution in [3.8, 4) is 11.1 Å². The summed E-state index contributed by atoms with van der Waals surface area (Å²) in [6.45, 7) is 2.05. The van der Waals surface area contributed by atoms with Crippen LogP contribution in [0.4, 0.5) is 14.9 Å². The zero-order chi connectivity index (χ0) is 21.7. The van der Waals surface area contributed by atoms with E-state index in [1.807, 2.05) is 0 Å². The first-order chi connectivity index (χ1) is 14.3. The molecule has 1 aliphatic rings. The van der Waals surface area contributed by atoms with Crippen LogP contribution in [0.2, 0.25) is 0 Å². The number of carbonyl (C=O) groups excluding carboxylic acids is 2. The summed E-state index contributed by atoms with van der Waals surface area (Å²) < 4.78 is 19.9. The fourth-order valence-electron chi connectivity index (χ4n) is 3.12. The highest BCUT2D eigenvalue weighted by Gasteiger charge is 2.32. The fraction of sp³-hybridized carbons (Fsp3) is 0.286. The molecular formula is C21H22FN3O5. The number of carboxylic acid groups (broad SMARTS) is 1. The van der Waals surface area contributed by atoms with Gasteiger partial charge >= 0.3 is 12.1 Å². The summed E-state index contributed by atoms with van der Waals surface area (Å²) in [7, 11) is 0. The molecule has 1 saturated heterocycles. The molecule has 0 aromatic heterocycles. The summed E-state index contributed by atoms with van der Waals surface area (Å²) in [6.07, 6.45) is -1.08. The Morgan fingerprint density at radius 3 is 2.60 bits per heavy atom. The summed E-state index contributed by atoms with van der Waals surface area (Å²) >= 11 is 0. The number of nitrogens with one attached hydrogen (secondary N) is 2. The number of aliphatic carboxylic acids is 1. The van der Waals surface area contributed by atoms with Crippen molar-refractivity contribution in [2.24, 2.45) is 0 Å². The average molecular weight is 415 g/mol. The molecule has 30 heavy (non-hydrogen) atoms. The minimum absolute atomic E-state index is 0.136. The molecule has 0 unspecified atom stereocenters. The number of rotatable bonds is 8. The van der Waals surface area contributed by atoms with Gasteiger partial charge in [-0.2, -0.15) is 0 Å². The van der Waals surface area contributed by atoms with Crippen molar-refractivity contribution in [2.75, 3.05) is 24.5 Å². The quantitative estimate of drug-likeness (QED) is 0.610. The van der Waals surface area contributed by atoms with Gasteiger partial charge in [0.25, 0.3) is 0 Å². The van der Waals surface area contributed by atoms with Crippen molar-refractivity contribution >= 4 is 23.7 Å². The van der Waals surface area contributed by atoms with E-state index < -0.39 is 24.0 Å². The molecule has 1 atom stereocenters. The zero-order valence-corrected chi connectivity index (χ0v) is 16.4. The average Bonchev–Trinajstić information content (AvgIpc) is 3.07. The van der Waals surface area contributed by atoms with Gasteiger partial charge in [0.1, 0.15) is 11.9 Å². The van der Waals surface area contributed by atoms with Crippen LogP contribution in [-0.2, 0) is 20.9 Å². The van der Waals surface area contributed by atoms with Gasteiger partial charge in [-0.25, -0.2) is 9.18 Å². The van der Waals surface area contributed by atoms with E-state index in [1.54, 1.807) is 36.4 Å². The van der Waals surface area contributed by atoms with Crippen molar-refractivity contribution in [3.05, 3.63) is 53.8 Å². The lowest BCUT2D eigenvalue weighted by molar-refractivity contribution is -0.136. The van der Waals surface area contributed by atoms with Gasteiger partial charge in [-0.1, -0.05) is 24.3 Å². The number of benzene rings is 2. The molecule has 8 nitrogen and oxygen atoms in total. The Morgan fingerprint density at radius 1 is 1.23 bits per heavy atom. The fourth-order valence-corrected chi connectivity index (χ4v) is 3.12. The van der Waals surface area contributed by atoms with Gasteiger partial charge in [0.15, 0.2) is 0 Å². The molecule has 0 aliphatic carbocycles. The van der Waals surface area contributed by atoms with Crippen LogP contribution in [0, 0.1) is 5.82 Å². The van der Waals surface area contributed by atoms with Gasteiger partial charge in [0.05, 0.1) is 25.3 Å². The molecular weight excluding hydrogens is 393 g/mol. The van der Waals surface area contributed by atoms with Crippen molar-refractivity contribution in [3.63, 3.8) is 0 Å². The van der Waals surface area contributed by atoms with Crippen molar-refractivity contribution in [1.29, 1.82) is 0 Å². The third-order valence-electron chi connectivity index (χ3n) is 4.59. The number of carbonyl (C=O) groups is 3. The van der Waals surface area contributed by atoms with Crippen LogP contribution >= 0.6 is 0 Å². The Labute approximate surface area is 172 Å². The van der Waals surface area contributed by atoms with E-state index in [2.05, 4.69) is 10.6 Å². The Balaban J connectivity index is 1.67. The van der Waals surface area contributed by atoms with E-state index in [9.17, 15) is 18.8 Å². The molecule has 0 spiro atoms. The molecule has 2 aromatic carbocycles. The third kappa shape index (κ3) is 5.32. The van der Waals surface area contributed by atoms with E-state index in [0.29, 0.717) is 23.4 Å². The number of nitrogens with zero attached hydrogens (tertiary/aromatic N) is 1. The van der Waals surface area contributed by atoms with E-state index in [0.717, 1.165) is 5.56 Å². The highest BCUT2D eigenvalue weighted by molar-refractivity contribution is 5.90. The van der Waals surface area contributed by atoms with Crippen LogP contribution < -0.4 is 15.5 Å². The minimum Gasteiger partial charge on any atom is -0.480 e. The van der Waals surface area contributed by atoms with Crippen LogP contribution in [0.15, 0.2) is 42.5 Å². The molecule has 1 heterocycles. The maximum atomic E-state index is 14.7. The van der Waals surface area contributed by atoms with Gasteiger partial charge in [-0.15, -0.1) is 0 Å². The van der Waals surface area contributed by atoms with Gasteiger partial charge in [0, 0.05) is 19.0 Å². The Morgan fingerprint density at radius 2 is 1.97 bits per heavy atom. The molecule has 0 radical (unpaired) electrons. The van der Waals surface area contributed by atoms with Crippen LogP contribution in [-0.4, -0.2) is 48.8 Å². The largest absolute Gasteiger partial charge is 0.480 e. The summed E-state index contributed by atoms with van der Waals surface area (Å²) in [5.74, 6) is -1.64. The second-order valence-corrected chi connectivity index (χ2v) is 6.91. The second-order valence-electron chi connectivity index (χ2n) is 6.91. The maximum Gasteiger partial charge on any atom is 0.414 e. The van der Waals surface area contributed by atoms with Crippen molar-refractivity contribution in [2.45, 2.75) is 19.6 Å². The molecule has 2 aromatic rings. The molecule has 9 heteroatoms. The van der Waals surface area contributed by atoms with Gasteiger partial charge in [-0.05, 0) is 29.3 Å². The van der Waals surface area contributed by atoms with Crippen LogP contribution in [0.3, 0.4) is 0 Å². The highest BCUT2D eigenvalue weighted by atomic mass is 19.1. The lowest BCUT2D eigenvalue weighted by Gasteiger charge is -2.15. The first kappa shape index (κ1) is 21.3. The molecule has 3 N–H and O–H groups in total. The summed E-state index contributed by atoms with van der Waals surface area (Å²) in [6, 6.07) is 11.6. The molecule has 1 aliphatic heterocycles. The molecule has 0 saturated carbocycles. The number of ether oxygens (including phenoxy) is 1. The number of halogens is 1. The number of hydrogen-bond donors (Lipinski definition) is 3. The highest BCUT2D eigenvalue weighted by Crippen LogP contribution is 2.29. The van der Waals surface area contributed by atoms with Crippen LogP contribution in [0.1, 0.15) is 12.5 Å². The van der Waals surface area contributed by atoms with E-state index in [4.69, 9.17) is 9.84 Å². The smallest absolute Gasteiger partial charge is 0.414 e. The summed E-state index contributed by atoms with van der Waals surface area (Å²) in [4.78, 5) is 35.0. The topological polar surface area (TPSA) is 108 Å². The normalized spacial score (nSPS) is 15.7. The molecule has 1 fully saturated rings. The Hall–Kier alpha value is -3.46. The first-order valence-electron chi connectivity index (χ1n) is 9.37. The van der Waals surface area contributed by atoms with Crippen LogP contribution in [0.25, 0.3) is 11.1 Å². The molecule has 3 rings (SSSR count). The van der Waals surface area contributed by atoms with Gasteiger partial charge in [0.2, 0.25) is 5.91 Å². The van der Waals surface area contributed by atoms with Crippen molar-refractivity contribution in [1.82, 2.24) is 10.6 Å². The molecule has 2 amide bonds. The Bertz CT molecular complexity index is 948. The third-order valence-corrected chi connectivity index (χ3v) is 4.59. The maximum absolute atomic E-state index is 14.7. The minimum atomic E-state index is -0.933. The predicted molar refractivity (Wildman–Crippen MR) is 107 cm³/mol.